The van der Waals surface area contributed by atoms with E-state index in [-0.39, 0.29) is 5.91 Å². The fraction of sp³-hybridized carbons (Fsp3) is 0.269. The van der Waals surface area contributed by atoms with Crippen molar-refractivity contribution < 1.29 is 14.3 Å². The molecule has 0 atom stereocenters. The minimum absolute atomic E-state index is 0.212. The summed E-state index contributed by atoms with van der Waals surface area (Å²) in [5, 5.41) is 5.19. The second kappa shape index (κ2) is 10.7. The van der Waals surface area contributed by atoms with Crippen molar-refractivity contribution in [3.63, 3.8) is 0 Å². The maximum absolute atomic E-state index is 13.0. The number of ether oxygens (including phenoxy) is 2. The van der Waals surface area contributed by atoms with Crippen LogP contribution in [0.5, 0.6) is 0 Å². The van der Waals surface area contributed by atoms with Gasteiger partial charge in [-0.15, -0.1) is 11.3 Å². The summed E-state index contributed by atoms with van der Waals surface area (Å²) in [6.45, 7) is 11.0. The number of nitrogens with one attached hydrogen (secondary N) is 1. The first-order chi connectivity index (χ1) is 17.1. The Labute approximate surface area is 211 Å². The van der Waals surface area contributed by atoms with Crippen LogP contribution in [0.25, 0.3) is 33.1 Å². The third-order valence-corrected chi connectivity index (χ3v) is 7.61. The number of allylic oxidation sites excluding steroid dienone is 2. The van der Waals surface area contributed by atoms with Crippen LogP contribution < -0.4 is 15.8 Å². The van der Waals surface area contributed by atoms with Crippen LogP contribution in [0.15, 0.2) is 47.7 Å². The number of morpholine rings is 1. The summed E-state index contributed by atoms with van der Waals surface area (Å²) in [6, 6.07) is 9.43. The Balaban J connectivity index is 1.27. The summed E-state index contributed by atoms with van der Waals surface area (Å²) in [6.07, 6.45) is 3.84. The van der Waals surface area contributed by atoms with Crippen molar-refractivity contribution in [3.05, 3.63) is 63.7 Å². The zero-order chi connectivity index (χ0) is 24.2. The van der Waals surface area contributed by atoms with Crippen molar-refractivity contribution in [2.75, 3.05) is 44.8 Å². The van der Waals surface area contributed by atoms with Gasteiger partial charge >= 0.3 is 0 Å². The molecule has 1 saturated heterocycles. The molecule has 5 rings (SSSR count). The first-order valence-electron chi connectivity index (χ1n) is 11.4. The van der Waals surface area contributed by atoms with Gasteiger partial charge in [-0.25, -0.2) is 9.97 Å². The summed E-state index contributed by atoms with van der Waals surface area (Å²) >= 11 is 3.03. The predicted molar refractivity (Wildman–Crippen MR) is 143 cm³/mol. The van der Waals surface area contributed by atoms with E-state index in [4.69, 9.17) is 9.47 Å². The van der Waals surface area contributed by atoms with Gasteiger partial charge in [0.25, 0.3) is 5.91 Å². The van der Waals surface area contributed by atoms with Crippen molar-refractivity contribution in [2.45, 2.75) is 6.92 Å². The smallest absolute Gasteiger partial charge is 0.257 e. The maximum atomic E-state index is 13.0. The summed E-state index contributed by atoms with van der Waals surface area (Å²) in [5.74, 6) is 0.603. The highest BCUT2D eigenvalue weighted by Crippen LogP contribution is 2.33. The molecule has 0 bridgehead atoms. The molecule has 1 aliphatic rings. The second-order valence-electron chi connectivity index (χ2n) is 8.25. The third-order valence-electron chi connectivity index (χ3n) is 5.82. The van der Waals surface area contributed by atoms with Gasteiger partial charge in [-0.3, -0.25) is 15.0 Å². The number of anilines is 1. The highest BCUT2D eigenvalue weighted by Gasteiger charge is 2.13. The number of nitrogens with zero attached hydrogens (tertiary/aromatic N) is 3. The number of hydrogen-bond acceptors (Lipinski definition) is 8. The second-order valence-corrected chi connectivity index (χ2v) is 10.1. The molecule has 0 unspecified atom stereocenters. The summed E-state index contributed by atoms with van der Waals surface area (Å²) < 4.78 is 13.3. The van der Waals surface area contributed by atoms with Crippen LogP contribution in [0.1, 0.15) is 17.3 Å². The lowest BCUT2D eigenvalue weighted by Gasteiger charge is -2.26. The van der Waals surface area contributed by atoms with Crippen molar-refractivity contribution in [3.8, 4) is 0 Å². The van der Waals surface area contributed by atoms with Gasteiger partial charge in [-0.05, 0) is 47.7 Å². The lowest BCUT2D eigenvalue weighted by atomic mass is 10.1. The molecule has 0 spiro atoms. The number of benzene rings is 2. The zero-order valence-electron chi connectivity index (χ0n) is 19.5. The normalized spacial score (nSPS) is 15.7. The summed E-state index contributed by atoms with van der Waals surface area (Å²) in [4.78, 5) is 24.3. The highest BCUT2D eigenvalue weighted by atomic mass is 32.1. The van der Waals surface area contributed by atoms with Gasteiger partial charge in [0.15, 0.2) is 5.13 Å². The fourth-order valence-corrected chi connectivity index (χ4v) is 5.55. The standard InChI is InChI=1S/C26H26N4O3S2/c1-17-3-5-20(15-19(17)6-4-18(2)33-14-11-30-9-12-32-13-10-30)25(31)29-26-28-21-7-8-22-23(24(21)35-26)27-16-34-22/h3-8,15-16H,1,9-14H2,2H3,(H,28,29,31)/b18-4+,19-6-. The molecule has 1 amide bonds. The van der Waals surface area contributed by atoms with Crippen molar-refractivity contribution in [1.29, 1.82) is 0 Å². The van der Waals surface area contributed by atoms with E-state index < -0.39 is 0 Å². The van der Waals surface area contributed by atoms with Crippen LogP contribution >= 0.6 is 22.7 Å². The van der Waals surface area contributed by atoms with Crippen molar-refractivity contribution in [1.82, 2.24) is 14.9 Å². The molecule has 0 saturated carbocycles. The number of thiazole rings is 2. The molecule has 1 aliphatic heterocycles. The van der Waals surface area contributed by atoms with E-state index in [9.17, 15) is 4.79 Å². The van der Waals surface area contributed by atoms with Crippen LogP contribution in [0, 0.1) is 0 Å². The van der Waals surface area contributed by atoms with Gasteiger partial charge in [0.2, 0.25) is 0 Å². The lowest BCUT2D eigenvalue weighted by Crippen LogP contribution is -2.38. The number of hydrogen-bond donors (Lipinski definition) is 1. The molecule has 2 aromatic heterocycles. The maximum Gasteiger partial charge on any atom is 0.257 e. The van der Waals surface area contributed by atoms with Crippen LogP contribution in [-0.4, -0.2) is 60.2 Å². The van der Waals surface area contributed by atoms with E-state index in [0.29, 0.717) is 17.3 Å². The molecule has 1 N–H and O–H groups in total. The molecule has 0 aliphatic carbocycles. The van der Waals surface area contributed by atoms with Crippen molar-refractivity contribution >= 4 is 66.8 Å². The van der Waals surface area contributed by atoms with Gasteiger partial charge < -0.3 is 9.47 Å². The van der Waals surface area contributed by atoms with Gasteiger partial charge in [-0.1, -0.05) is 30.1 Å². The molecule has 2 aromatic carbocycles. The number of fused-ring (bicyclic) bond motifs is 3. The van der Waals surface area contributed by atoms with Gasteiger partial charge in [0, 0.05) is 25.2 Å². The first kappa shape index (κ1) is 23.6. The zero-order valence-corrected chi connectivity index (χ0v) is 21.1. The molecule has 35 heavy (non-hydrogen) atoms. The Morgan fingerprint density at radius 2 is 2.14 bits per heavy atom. The van der Waals surface area contributed by atoms with E-state index >= 15 is 0 Å². The minimum atomic E-state index is -0.212. The Hall–Kier alpha value is -3.11. The van der Waals surface area contributed by atoms with Gasteiger partial charge in [0.1, 0.15) is 12.1 Å². The quantitative estimate of drug-likeness (QED) is 0.386. The fourth-order valence-electron chi connectivity index (χ4n) is 3.84. The Bertz CT molecular complexity index is 1500. The third kappa shape index (κ3) is 5.59. The van der Waals surface area contributed by atoms with Gasteiger partial charge in [0.05, 0.1) is 39.4 Å². The topological polar surface area (TPSA) is 76.6 Å². The molecule has 4 aromatic rings. The molecule has 9 heteroatoms. The first-order valence-corrected chi connectivity index (χ1v) is 13.1. The number of amides is 1. The highest BCUT2D eigenvalue weighted by molar-refractivity contribution is 7.24. The van der Waals surface area contributed by atoms with E-state index in [2.05, 4.69) is 26.8 Å². The molecule has 7 nitrogen and oxygen atoms in total. The summed E-state index contributed by atoms with van der Waals surface area (Å²) in [5.41, 5.74) is 4.13. The Morgan fingerprint density at radius 3 is 3.00 bits per heavy atom. The van der Waals surface area contributed by atoms with Crippen LogP contribution in [0.3, 0.4) is 0 Å². The van der Waals surface area contributed by atoms with E-state index in [1.807, 2.05) is 48.9 Å². The molecular weight excluding hydrogens is 480 g/mol. The van der Waals surface area contributed by atoms with Crippen molar-refractivity contribution in [2.24, 2.45) is 0 Å². The molecule has 3 heterocycles. The Kier molecular flexibility index (Phi) is 7.19. The van der Waals surface area contributed by atoms with Gasteiger partial charge in [-0.2, -0.15) is 0 Å². The number of rotatable bonds is 7. The Morgan fingerprint density at radius 1 is 1.29 bits per heavy atom. The predicted octanol–water partition coefficient (Wildman–Crippen LogP) is 3.60. The van der Waals surface area contributed by atoms with Crippen LogP contribution in [-0.2, 0) is 9.47 Å². The SMILES string of the molecule is C=c1ccc(C(=O)Nc2nc3ccc4scnc4c3s2)c/c1=C/C=C(\C)OCCN1CCOCC1. The summed E-state index contributed by atoms with van der Waals surface area (Å²) in [7, 11) is 0. The number of carbonyl (C=O) groups is 1. The van der Waals surface area contributed by atoms with E-state index in [0.717, 1.165) is 69.5 Å². The monoisotopic (exact) mass is 506 g/mol. The lowest BCUT2D eigenvalue weighted by molar-refractivity contribution is 0.0276. The van der Waals surface area contributed by atoms with Crippen LogP contribution in [0.4, 0.5) is 5.13 Å². The average Bonchev–Trinajstić information content (AvgIpc) is 3.50. The molecule has 180 valence electrons. The molecule has 1 fully saturated rings. The molecule has 0 radical (unpaired) electrons. The van der Waals surface area contributed by atoms with E-state index in [1.165, 1.54) is 11.3 Å². The number of carbonyl (C=O) groups excluding carboxylic acids is 1. The van der Waals surface area contributed by atoms with E-state index in [1.54, 1.807) is 17.4 Å². The minimum Gasteiger partial charge on any atom is -0.497 e. The molecular formula is C26H26N4O3S2. The van der Waals surface area contributed by atoms with Crippen LogP contribution in [0.2, 0.25) is 0 Å². The average molecular weight is 507 g/mol. The number of aromatic nitrogens is 2. The largest absolute Gasteiger partial charge is 0.497 e.